The molecule has 0 amide bonds. The molecule has 0 saturated carbocycles. The number of rotatable bonds is 7. The van der Waals surface area contributed by atoms with E-state index in [1.807, 2.05) is 0 Å². The summed E-state index contributed by atoms with van der Waals surface area (Å²) in [6.07, 6.45) is -1.46. The Morgan fingerprint density at radius 2 is 1.88 bits per heavy atom. The van der Waals surface area contributed by atoms with E-state index in [1.54, 1.807) is 26.0 Å². The number of nitriles is 2. The van der Waals surface area contributed by atoms with Crippen molar-refractivity contribution in [3.8, 4) is 24.5 Å². The van der Waals surface area contributed by atoms with E-state index in [2.05, 4.69) is 11.1 Å². The zero-order valence-corrected chi connectivity index (χ0v) is 13.3. The minimum Gasteiger partial charge on any atom is -0.358 e. The Balaban J connectivity index is 2.93. The van der Waals surface area contributed by atoms with Gasteiger partial charge in [-0.05, 0) is 20.3 Å². The van der Waals surface area contributed by atoms with Crippen LogP contribution >= 0.6 is 0 Å². The van der Waals surface area contributed by atoms with Crippen molar-refractivity contribution in [1.82, 2.24) is 5.16 Å². The first-order valence-corrected chi connectivity index (χ1v) is 7.00. The third kappa shape index (κ3) is 5.30. The maximum atomic E-state index is 12.4. The quantitative estimate of drug-likeness (QED) is 0.710. The molecule has 0 spiro atoms. The van der Waals surface area contributed by atoms with E-state index in [0.29, 0.717) is 5.76 Å². The van der Waals surface area contributed by atoms with E-state index in [4.69, 9.17) is 15.7 Å². The molecule has 128 valence electrons. The number of hydrogen-bond donors (Lipinski definition) is 0. The molecule has 0 aliphatic rings. The highest BCUT2D eigenvalue weighted by atomic mass is 19.4. The van der Waals surface area contributed by atoms with Crippen LogP contribution in [0.1, 0.15) is 38.1 Å². The molecule has 0 unspecified atom stereocenters. The van der Waals surface area contributed by atoms with Crippen LogP contribution < -0.4 is 0 Å². The fourth-order valence-corrected chi connectivity index (χ4v) is 1.94. The Labute approximate surface area is 138 Å². The molecular formula is C16H16F3N3O2. The molecule has 0 radical (unpaired) electrons. The number of alkyl halides is 3. The highest BCUT2D eigenvalue weighted by Gasteiger charge is 2.38. The van der Waals surface area contributed by atoms with Gasteiger partial charge in [-0.15, -0.1) is 6.42 Å². The van der Waals surface area contributed by atoms with E-state index in [1.165, 1.54) is 6.07 Å². The molecular weight excluding hydrogens is 323 g/mol. The number of hydrogen-bond acceptors (Lipinski definition) is 5. The predicted octanol–water partition coefficient (Wildman–Crippen LogP) is 3.48. The van der Waals surface area contributed by atoms with Gasteiger partial charge >= 0.3 is 6.18 Å². The highest BCUT2D eigenvalue weighted by Crippen LogP contribution is 2.34. The van der Waals surface area contributed by atoms with Crippen LogP contribution in [-0.2, 0) is 16.8 Å². The lowest BCUT2D eigenvalue weighted by Gasteiger charge is -2.20. The number of halogens is 3. The van der Waals surface area contributed by atoms with Crippen molar-refractivity contribution in [3.05, 3.63) is 17.5 Å². The zero-order chi connectivity index (χ0) is 18.4. The van der Waals surface area contributed by atoms with E-state index in [-0.39, 0.29) is 18.7 Å². The lowest BCUT2D eigenvalue weighted by atomic mass is 9.81. The smallest absolute Gasteiger partial charge is 0.358 e. The molecule has 1 aromatic heterocycles. The Kier molecular flexibility index (Phi) is 6.01. The van der Waals surface area contributed by atoms with Gasteiger partial charge in [-0.2, -0.15) is 23.7 Å². The van der Waals surface area contributed by atoms with Gasteiger partial charge in [0.1, 0.15) is 17.6 Å². The minimum absolute atomic E-state index is 0.0367. The average molecular weight is 339 g/mol. The summed E-state index contributed by atoms with van der Waals surface area (Å²) in [6.45, 7) is 3.40. The van der Waals surface area contributed by atoms with E-state index >= 15 is 0 Å². The minimum atomic E-state index is -4.45. The Bertz CT molecular complexity index is 673. The summed E-state index contributed by atoms with van der Waals surface area (Å²) < 4.78 is 47.7. The molecule has 0 atom stereocenters. The maximum Gasteiger partial charge on any atom is 0.389 e. The molecule has 1 aromatic rings. The van der Waals surface area contributed by atoms with Crippen LogP contribution in [0, 0.1) is 40.4 Å². The second kappa shape index (κ2) is 7.38. The maximum absolute atomic E-state index is 12.4. The predicted molar refractivity (Wildman–Crippen MR) is 77.0 cm³/mol. The average Bonchev–Trinajstić information content (AvgIpc) is 2.98. The van der Waals surface area contributed by atoms with Crippen LogP contribution in [0.4, 0.5) is 13.2 Å². The fraction of sp³-hybridized carbons (Fsp3) is 0.562. The molecule has 5 nitrogen and oxygen atoms in total. The molecule has 1 rings (SSSR count). The van der Waals surface area contributed by atoms with E-state index in [9.17, 15) is 23.7 Å². The summed E-state index contributed by atoms with van der Waals surface area (Å²) in [5.74, 6) is 2.61. The van der Waals surface area contributed by atoms with Crippen molar-refractivity contribution < 1.29 is 22.4 Å². The van der Waals surface area contributed by atoms with Crippen LogP contribution in [0.15, 0.2) is 10.6 Å². The van der Waals surface area contributed by atoms with Crippen LogP contribution in [0.25, 0.3) is 0 Å². The van der Waals surface area contributed by atoms with Gasteiger partial charge < -0.3 is 9.26 Å². The van der Waals surface area contributed by atoms with E-state index in [0.717, 1.165) is 0 Å². The van der Waals surface area contributed by atoms with Crippen molar-refractivity contribution in [2.75, 3.05) is 6.61 Å². The summed E-state index contributed by atoms with van der Waals surface area (Å²) in [7, 11) is 0. The topological polar surface area (TPSA) is 82.8 Å². The lowest BCUT2D eigenvalue weighted by Crippen LogP contribution is -2.23. The molecule has 24 heavy (non-hydrogen) atoms. The van der Waals surface area contributed by atoms with Crippen molar-refractivity contribution >= 4 is 0 Å². The Hall–Kier alpha value is -2.50. The molecule has 0 aliphatic heterocycles. The molecule has 0 aromatic carbocycles. The molecule has 0 aliphatic carbocycles. The third-order valence-corrected chi connectivity index (χ3v) is 3.41. The summed E-state index contributed by atoms with van der Waals surface area (Å²) >= 11 is 0. The van der Waals surface area contributed by atoms with Gasteiger partial charge in [0.25, 0.3) is 0 Å². The molecule has 0 fully saturated rings. The zero-order valence-electron chi connectivity index (χ0n) is 13.3. The second-order valence-electron chi connectivity index (χ2n) is 5.78. The standard InChI is InChI=1S/C16H16F3N3O2/c1-4-7-23-14(2,3)13-8-12(22-24-13)9-15(10-20,11-21)5-6-16(17,18)19/h1,8H,5-7,9H2,2-3H3. The normalized spacial score (nSPS) is 12.2. The highest BCUT2D eigenvalue weighted by molar-refractivity contribution is 5.21. The van der Waals surface area contributed by atoms with Crippen molar-refractivity contribution in [3.63, 3.8) is 0 Å². The van der Waals surface area contributed by atoms with Gasteiger partial charge in [0.15, 0.2) is 5.76 Å². The lowest BCUT2D eigenvalue weighted by molar-refractivity contribution is -0.138. The van der Waals surface area contributed by atoms with Gasteiger partial charge in [-0.1, -0.05) is 11.1 Å². The van der Waals surface area contributed by atoms with Crippen LogP contribution in [0.5, 0.6) is 0 Å². The summed E-state index contributed by atoms with van der Waals surface area (Å²) in [4.78, 5) is 0. The van der Waals surface area contributed by atoms with Gasteiger partial charge in [-0.25, -0.2) is 0 Å². The van der Waals surface area contributed by atoms with Crippen LogP contribution in [-0.4, -0.2) is 17.9 Å². The van der Waals surface area contributed by atoms with Gasteiger partial charge in [0.2, 0.25) is 0 Å². The largest absolute Gasteiger partial charge is 0.389 e. The molecule has 8 heteroatoms. The number of nitrogens with zero attached hydrogens (tertiary/aromatic N) is 3. The Morgan fingerprint density at radius 1 is 1.25 bits per heavy atom. The van der Waals surface area contributed by atoms with Gasteiger partial charge in [0, 0.05) is 18.9 Å². The summed E-state index contributed by atoms with van der Waals surface area (Å²) in [5, 5.41) is 22.1. The summed E-state index contributed by atoms with van der Waals surface area (Å²) in [5.41, 5.74) is -2.52. The number of ether oxygens (including phenoxy) is 1. The first-order chi connectivity index (χ1) is 11.1. The monoisotopic (exact) mass is 339 g/mol. The molecule has 0 N–H and O–H groups in total. The third-order valence-electron chi connectivity index (χ3n) is 3.41. The summed E-state index contributed by atoms with van der Waals surface area (Å²) in [6, 6.07) is 4.79. The molecule has 1 heterocycles. The van der Waals surface area contributed by atoms with Crippen molar-refractivity contribution in [1.29, 1.82) is 10.5 Å². The fourth-order valence-electron chi connectivity index (χ4n) is 1.94. The number of terminal acetylenes is 1. The molecule has 0 bridgehead atoms. The van der Waals surface area contributed by atoms with Crippen LogP contribution in [0.2, 0.25) is 0 Å². The second-order valence-corrected chi connectivity index (χ2v) is 5.78. The van der Waals surface area contributed by atoms with Crippen LogP contribution in [0.3, 0.4) is 0 Å². The van der Waals surface area contributed by atoms with Gasteiger partial charge in [-0.3, -0.25) is 0 Å². The Morgan fingerprint density at radius 3 is 2.38 bits per heavy atom. The van der Waals surface area contributed by atoms with Crippen molar-refractivity contribution in [2.24, 2.45) is 5.41 Å². The molecule has 0 saturated heterocycles. The van der Waals surface area contributed by atoms with E-state index < -0.39 is 30.0 Å². The number of aromatic nitrogens is 1. The first-order valence-electron chi connectivity index (χ1n) is 7.00. The van der Waals surface area contributed by atoms with Gasteiger partial charge in [0.05, 0.1) is 17.8 Å². The first kappa shape index (κ1) is 19.5. The van der Waals surface area contributed by atoms with Crippen molar-refractivity contribution in [2.45, 2.75) is 44.9 Å². The SMILES string of the molecule is C#CCOC(C)(C)c1cc(CC(C#N)(C#N)CCC(F)(F)F)no1.